The summed E-state index contributed by atoms with van der Waals surface area (Å²) in [5.74, 6) is 0.271. The second kappa shape index (κ2) is 4.47. The Morgan fingerprint density at radius 2 is 1.86 bits per heavy atom. The number of anilines is 1. The normalized spacial score (nSPS) is 15.3. The second-order valence-corrected chi connectivity index (χ2v) is 3.55. The smallest absolute Gasteiger partial charge is 0.163 e. The van der Waals surface area contributed by atoms with Gasteiger partial charge in [-0.05, 0) is 43.0 Å². The van der Waals surface area contributed by atoms with Crippen LogP contribution in [-0.4, -0.2) is 5.78 Å². The Morgan fingerprint density at radius 1 is 1.14 bits per heavy atom. The van der Waals surface area contributed by atoms with E-state index in [1.165, 1.54) is 0 Å². The molecule has 2 N–H and O–H groups in total. The molecule has 0 bridgehead atoms. The lowest BCUT2D eigenvalue weighted by Gasteiger charge is -2.04. The third-order valence-electron chi connectivity index (χ3n) is 2.53. The third kappa shape index (κ3) is 2.07. The van der Waals surface area contributed by atoms with Crippen molar-refractivity contribution in [2.45, 2.75) is 25.7 Å². The van der Waals surface area contributed by atoms with E-state index in [1.807, 2.05) is 18.2 Å². The van der Waals surface area contributed by atoms with Crippen molar-refractivity contribution in [2.75, 3.05) is 5.73 Å². The molecule has 1 aromatic rings. The largest absolute Gasteiger partial charge is 0.399 e. The topological polar surface area (TPSA) is 43.1 Å². The van der Waals surface area contributed by atoms with Crippen molar-refractivity contribution in [3.8, 4) is 0 Å². The highest BCUT2D eigenvalue weighted by Crippen LogP contribution is 2.22. The zero-order chi connectivity index (χ0) is 9.26. The number of halogens is 1. The molecule has 0 spiro atoms. The molecule has 0 radical (unpaired) electrons. The van der Waals surface area contributed by atoms with Crippen LogP contribution >= 0.6 is 12.4 Å². The summed E-state index contributed by atoms with van der Waals surface area (Å²) in [7, 11) is 0. The van der Waals surface area contributed by atoms with E-state index in [9.17, 15) is 4.79 Å². The summed E-state index contributed by atoms with van der Waals surface area (Å²) in [6.07, 6.45) is 3.79. The maximum absolute atomic E-state index is 11.6. The van der Waals surface area contributed by atoms with Gasteiger partial charge in [0.1, 0.15) is 0 Å². The maximum atomic E-state index is 11.6. The van der Waals surface area contributed by atoms with Gasteiger partial charge in [-0.3, -0.25) is 4.79 Å². The van der Waals surface area contributed by atoms with Crippen molar-refractivity contribution in [1.29, 1.82) is 0 Å². The van der Waals surface area contributed by atoms with Gasteiger partial charge in [0.2, 0.25) is 0 Å². The lowest BCUT2D eigenvalue weighted by Crippen LogP contribution is -2.00. The summed E-state index contributed by atoms with van der Waals surface area (Å²) < 4.78 is 0. The number of carbonyl (C=O) groups excluding carboxylic acids is 1. The highest BCUT2D eigenvalue weighted by Gasteiger charge is 2.14. The molecule has 0 aliphatic heterocycles. The Kier molecular flexibility index (Phi) is 3.53. The summed E-state index contributed by atoms with van der Waals surface area (Å²) >= 11 is 0. The predicted octanol–water partition coefficient (Wildman–Crippen LogP) is 2.60. The Bertz CT molecular complexity index is 349. The van der Waals surface area contributed by atoms with Crippen molar-refractivity contribution < 1.29 is 4.79 Å². The fourth-order valence-corrected chi connectivity index (χ4v) is 1.83. The molecule has 0 atom stereocenters. The molecule has 0 heterocycles. The van der Waals surface area contributed by atoms with Crippen molar-refractivity contribution in [1.82, 2.24) is 0 Å². The number of rotatable bonds is 0. The number of carbonyl (C=O) groups is 1. The van der Waals surface area contributed by atoms with Gasteiger partial charge >= 0.3 is 0 Å². The highest BCUT2D eigenvalue weighted by atomic mass is 35.5. The molecular weight excluding hydrogens is 198 g/mol. The lowest BCUT2D eigenvalue weighted by atomic mass is 10.0. The second-order valence-electron chi connectivity index (χ2n) is 3.55. The van der Waals surface area contributed by atoms with Gasteiger partial charge in [0.25, 0.3) is 0 Å². The molecule has 2 nitrogen and oxygen atoms in total. The molecule has 0 saturated carbocycles. The van der Waals surface area contributed by atoms with Gasteiger partial charge in [-0.2, -0.15) is 0 Å². The van der Waals surface area contributed by atoms with Crippen LogP contribution in [0.3, 0.4) is 0 Å². The molecule has 3 heteroatoms. The number of nitrogen functional groups attached to an aromatic ring is 1. The van der Waals surface area contributed by atoms with Crippen LogP contribution in [0.25, 0.3) is 0 Å². The molecule has 1 aliphatic rings. The van der Waals surface area contributed by atoms with Gasteiger partial charge in [0, 0.05) is 17.7 Å². The predicted molar refractivity (Wildman–Crippen MR) is 60.0 cm³/mol. The molecule has 0 aromatic heterocycles. The SMILES string of the molecule is Cl.Nc1ccc2c(c1)CCCCC2=O. The van der Waals surface area contributed by atoms with E-state index in [-0.39, 0.29) is 18.2 Å². The van der Waals surface area contributed by atoms with E-state index < -0.39 is 0 Å². The number of fused-ring (bicyclic) bond motifs is 1. The highest BCUT2D eigenvalue weighted by molar-refractivity contribution is 5.98. The first-order valence-electron chi connectivity index (χ1n) is 4.69. The minimum Gasteiger partial charge on any atom is -0.399 e. The average Bonchev–Trinajstić information content (AvgIpc) is 2.28. The number of Topliss-reactive ketones (excluding diaryl/α,β-unsaturated/α-hetero) is 1. The first kappa shape index (κ1) is 11.1. The molecule has 0 unspecified atom stereocenters. The summed E-state index contributed by atoms with van der Waals surface area (Å²) in [5.41, 5.74) is 8.43. The molecule has 14 heavy (non-hydrogen) atoms. The summed E-state index contributed by atoms with van der Waals surface area (Å²) in [5, 5.41) is 0. The molecule has 0 amide bonds. The van der Waals surface area contributed by atoms with E-state index in [0.29, 0.717) is 6.42 Å². The lowest BCUT2D eigenvalue weighted by molar-refractivity contribution is 0.0982. The van der Waals surface area contributed by atoms with Crippen LogP contribution in [-0.2, 0) is 6.42 Å². The van der Waals surface area contributed by atoms with E-state index in [1.54, 1.807) is 0 Å². The van der Waals surface area contributed by atoms with E-state index in [0.717, 1.165) is 36.1 Å². The van der Waals surface area contributed by atoms with Gasteiger partial charge in [0.05, 0.1) is 0 Å². The van der Waals surface area contributed by atoms with E-state index in [4.69, 9.17) is 5.73 Å². The van der Waals surface area contributed by atoms with Gasteiger partial charge in [-0.15, -0.1) is 12.4 Å². The van der Waals surface area contributed by atoms with E-state index in [2.05, 4.69) is 0 Å². The van der Waals surface area contributed by atoms with Crippen LogP contribution in [0.4, 0.5) is 5.69 Å². The van der Waals surface area contributed by atoms with Crippen LogP contribution in [0.5, 0.6) is 0 Å². The van der Waals surface area contributed by atoms with Crippen molar-refractivity contribution in [3.05, 3.63) is 29.3 Å². The quantitative estimate of drug-likeness (QED) is 0.530. The average molecular weight is 212 g/mol. The minimum absolute atomic E-state index is 0. The van der Waals surface area contributed by atoms with Crippen molar-refractivity contribution >= 4 is 23.9 Å². The zero-order valence-corrected chi connectivity index (χ0v) is 8.77. The zero-order valence-electron chi connectivity index (χ0n) is 7.95. The molecule has 76 valence electrons. The van der Waals surface area contributed by atoms with Gasteiger partial charge < -0.3 is 5.73 Å². The van der Waals surface area contributed by atoms with Crippen molar-refractivity contribution in [3.63, 3.8) is 0 Å². The van der Waals surface area contributed by atoms with Gasteiger partial charge in [-0.25, -0.2) is 0 Å². The Morgan fingerprint density at radius 3 is 2.64 bits per heavy atom. The number of benzene rings is 1. The standard InChI is InChI=1S/C11H13NO.ClH/c12-9-5-6-10-8(7-9)3-1-2-4-11(10)13;/h5-7H,1-4,12H2;1H. The first-order valence-corrected chi connectivity index (χ1v) is 4.69. The van der Waals surface area contributed by atoms with Gasteiger partial charge in [-0.1, -0.05) is 0 Å². The Labute approximate surface area is 89.9 Å². The molecule has 1 aromatic carbocycles. The molecular formula is C11H14ClNO. The van der Waals surface area contributed by atoms with Crippen LogP contribution in [0, 0.1) is 0 Å². The molecule has 1 aliphatic carbocycles. The van der Waals surface area contributed by atoms with Gasteiger partial charge in [0.15, 0.2) is 5.78 Å². The monoisotopic (exact) mass is 211 g/mol. The third-order valence-corrected chi connectivity index (χ3v) is 2.53. The number of hydrogen-bond acceptors (Lipinski definition) is 2. The Balaban J connectivity index is 0.000000980. The van der Waals surface area contributed by atoms with Crippen LogP contribution in [0.1, 0.15) is 35.2 Å². The van der Waals surface area contributed by atoms with Crippen LogP contribution < -0.4 is 5.73 Å². The van der Waals surface area contributed by atoms with Crippen molar-refractivity contribution in [2.24, 2.45) is 0 Å². The maximum Gasteiger partial charge on any atom is 0.163 e. The van der Waals surface area contributed by atoms with E-state index >= 15 is 0 Å². The number of aryl methyl sites for hydroxylation is 1. The number of hydrogen-bond donors (Lipinski definition) is 1. The molecule has 2 rings (SSSR count). The Hall–Kier alpha value is -1.02. The molecule has 0 fully saturated rings. The summed E-state index contributed by atoms with van der Waals surface area (Å²) in [6.45, 7) is 0. The van der Waals surface area contributed by atoms with Crippen LogP contribution in [0.15, 0.2) is 18.2 Å². The fourth-order valence-electron chi connectivity index (χ4n) is 1.83. The van der Waals surface area contributed by atoms with Crippen LogP contribution in [0.2, 0.25) is 0 Å². The first-order chi connectivity index (χ1) is 6.27. The number of ketones is 1. The fraction of sp³-hybridized carbons (Fsp3) is 0.364. The minimum atomic E-state index is 0. The molecule has 0 saturated heterocycles. The summed E-state index contributed by atoms with van der Waals surface area (Å²) in [6, 6.07) is 5.60. The summed E-state index contributed by atoms with van der Waals surface area (Å²) in [4.78, 5) is 11.6. The number of nitrogens with two attached hydrogens (primary N) is 1.